The first kappa shape index (κ1) is 22.2. The molecule has 0 saturated carbocycles. The summed E-state index contributed by atoms with van der Waals surface area (Å²) in [6.07, 6.45) is 6.11. The Hall–Kier alpha value is -3.03. The number of aromatic amines is 1. The number of aromatic nitrogens is 2. The summed E-state index contributed by atoms with van der Waals surface area (Å²) < 4.78 is 5.48. The van der Waals surface area contributed by atoms with Crippen molar-refractivity contribution in [2.75, 3.05) is 32.1 Å². The van der Waals surface area contributed by atoms with E-state index in [-0.39, 0.29) is 18.0 Å². The lowest BCUT2D eigenvalue weighted by atomic mass is 9.99. The molecular weight excluding hydrogens is 406 g/mol. The van der Waals surface area contributed by atoms with Crippen molar-refractivity contribution in [2.45, 2.75) is 58.4 Å². The highest BCUT2D eigenvalue weighted by atomic mass is 16.5. The van der Waals surface area contributed by atoms with Crippen LogP contribution in [0, 0.1) is 13.8 Å². The van der Waals surface area contributed by atoms with E-state index >= 15 is 0 Å². The minimum absolute atomic E-state index is 0.00190. The summed E-state index contributed by atoms with van der Waals surface area (Å²) in [5, 5.41) is 10.4. The number of nitrogens with one attached hydrogen (secondary N) is 2. The molecule has 1 aromatic heterocycles. The van der Waals surface area contributed by atoms with Crippen LogP contribution in [-0.4, -0.2) is 58.7 Å². The standard InChI is InChI=1S/C24H33N5O3/c1-16-22(17(2)27-26-16)20-9-5-4-6-14-29(20)24(31)25-19-15-18(10-11-21(19)32-3)23(30)28-12-7-8-13-28/h10-11,15,20H,4-9,12-14H2,1-3H3,(H,25,31)(H,26,27). The van der Waals surface area contributed by atoms with E-state index in [9.17, 15) is 9.59 Å². The number of hydrogen-bond acceptors (Lipinski definition) is 4. The first-order valence-electron chi connectivity index (χ1n) is 11.6. The fraction of sp³-hybridized carbons (Fsp3) is 0.542. The number of amides is 3. The normalized spacial score (nSPS) is 19.0. The van der Waals surface area contributed by atoms with Gasteiger partial charge in [0.25, 0.3) is 5.91 Å². The maximum atomic E-state index is 13.5. The number of anilines is 1. The predicted molar refractivity (Wildman–Crippen MR) is 123 cm³/mol. The molecule has 0 spiro atoms. The monoisotopic (exact) mass is 439 g/mol. The van der Waals surface area contributed by atoms with Crippen molar-refractivity contribution in [1.82, 2.24) is 20.0 Å². The van der Waals surface area contributed by atoms with Crippen LogP contribution >= 0.6 is 0 Å². The zero-order chi connectivity index (χ0) is 22.7. The second-order valence-corrected chi connectivity index (χ2v) is 8.75. The van der Waals surface area contributed by atoms with Crippen molar-refractivity contribution in [3.8, 4) is 5.75 Å². The first-order valence-corrected chi connectivity index (χ1v) is 11.6. The van der Waals surface area contributed by atoms with E-state index < -0.39 is 0 Å². The van der Waals surface area contributed by atoms with Gasteiger partial charge in [-0.15, -0.1) is 0 Å². The molecule has 0 radical (unpaired) electrons. The van der Waals surface area contributed by atoms with E-state index in [4.69, 9.17) is 4.74 Å². The Kier molecular flexibility index (Phi) is 6.67. The zero-order valence-corrected chi connectivity index (χ0v) is 19.2. The van der Waals surface area contributed by atoms with Gasteiger partial charge in [0.2, 0.25) is 0 Å². The average molecular weight is 440 g/mol. The van der Waals surface area contributed by atoms with Gasteiger partial charge in [0.05, 0.1) is 24.5 Å². The van der Waals surface area contributed by atoms with Gasteiger partial charge in [-0.3, -0.25) is 9.89 Å². The molecule has 32 heavy (non-hydrogen) atoms. The molecule has 2 N–H and O–H groups in total. The molecule has 2 aromatic rings. The average Bonchev–Trinajstić information content (AvgIpc) is 3.37. The van der Waals surface area contributed by atoms with Crippen molar-refractivity contribution in [2.24, 2.45) is 0 Å². The van der Waals surface area contributed by atoms with Crippen LogP contribution < -0.4 is 10.1 Å². The second-order valence-electron chi connectivity index (χ2n) is 8.75. The highest BCUT2D eigenvalue weighted by molar-refractivity contribution is 5.98. The van der Waals surface area contributed by atoms with Gasteiger partial charge in [-0.2, -0.15) is 5.10 Å². The third-order valence-electron chi connectivity index (χ3n) is 6.61. The number of carbonyl (C=O) groups excluding carboxylic acids is 2. The molecule has 8 nitrogen and oxygen atoms in total. The Morgan fingerprint density at radius 3 is 2.53 bits per heavy atom. The van der Waals surface area contributed by atoms with E-state index in [0.717, 1.165) is 68.6 Å². The van der Waals surface area contributed by atoms with Gasteiger partial charge < -0.3 is 19.9 Å². The van der Waals surface area contributed by atoms with Gasteiger partial charge in [0, 0.05) is 36.5 Å². The smallest absolute Gasteiger partial charge is 0.322 e. The lowest BCUT2D eigenvalue weighted by molar-refractivity contribution is 0.0792. The van der Waals surface area contributed by atoms with Crippen molar-refractivity contribution in [1.29, 1.82) is 0 Å². The van der Waals surface area contributed by atoms with Crippen LogP contribution in [0.1, 0.15) is 71.9 Å². The van der Waals surface area contributed by atoms with Crippen LogP contribution in [0.4, 0.5) is 10.5 Å². The molecule has 3 amide bonds. The van der Waals surface area contributed by atoms with Gasteiger partial charge in [-0.1, -0.05) is 12.8 Å². The molecule has 0 aliphatic carbocycles. The summed E-state index contributed by atoms with van der Waals surface area (Å²) in [5.74, 6) is 0.538. The van der Waals surface area contributed by atoms with E-state index in [1.807, 2.05) is 23.6 Å². The number of hydrogen-bond donors (Lipinski definition) is 2. The highest BCUT2D eigenvalue weighted by Gasteiger charge is 2.31. The zero-order valence-electron chi connectivity index (χ0n) is 19.2. The first-order chi connectivity index (χ1) is 15.5. The molecule has 172 valence electrons. The van der Waals surface area contributed by atoms with Gasteiger partial charge in [0.15, 0.2) is 0 Å². The van der Waals surface area contributed by atoms with E-state index in [2.05, 4.69) is 15.5 Å². The summed E-state index contributed by atoms with van der Waals surface area (Å²) in [6, 6.07) is 5.04. The van der Waals surface area contributed by atoms with E-state index in [0.29, 0.717) is 23.5 Å². The number of rotatable bonds is 4. The topological polar surface area (TPSA) is 90.6 Å². The number of H-pyrrole nitrogens is 1. The lowest BCUT2D eigenvalue weighted by Gasteiger charge is -2.31. The minimum atomic E-state index is -0.180. The number of aryl methyl sites for hydroxylation is 2. The van der Waals surface area contributed by atoms with E-state index in [1.165, 1.54) is 0 Å². The fourth-order valence-corrected chi connectivity index (χ4v) is 4.93. The van der Waals surface area contributed by atoms with Crippen molar-refractivity contribution in [3.05, 3.63) is 40.7 Å². The van der Waals surface area contributed by atoms with Crippen LogP contribution in [0.5, 0.6) is 5.75 Å². The third kappa shape index (κ3) is 4.45. The van der Waals surface area contributed by atoms with Crippen LogP contribution in [0.25, 0.3) is 0 Å². The summed E-state index contributed by atoms with van der Waals surface area (Å²) in [4.78, 5) is 30.1. The number of ether oxygens (including phenoxy) is 1. The van der Waals surface area contributed by atoms with Gasteiger partial charge in [0.1, 0.15) is 5.75 Å². The molecule has 0 bridgehead atoms. The molecule has 3 heterocycles. The van der Waals surface area contributed by atoms with Gasteiger partial charge in [-0.25, -0.2) is 4.79 Å². The number of methoxy groups -OCH3 is 1. The number of nitrogens with zero attached hydrogens (tertiary/aromatic N) is 3. The Balaban J connectivity index is 1.59. The van der Waals surface area contributed by atoms with Gasteiger partial charge in [-0.05, 0) is 57.7 Å². The van der Waals surface area contributed by atoms with Crippen molar-refractivity contribution >= 4 is 17.6 Å². The number of benzene rings is 1. The maximum Gasteiger partial charge on any atom is 0.322 e. The quantitative estimate of drug-likeness (QED) is 0.738. The van der Waals surface area contributed by atoms with Gasteiger partial charge >= 0.3 is 6.03 Å². The molecule has 8 heteroatoms. The molecule has 2 aliphatic heterocycles. The summed E-state index contributed by atoms with van der Waals surface area (Å²) in [6.45, 7) is 6.23. The third-order valence-corrected chi connectivity index (χ3v) is 6.61. The summed E-state index contributed by atoms with van der Waals surface area (Å²) >= 11 is 0. The Morgan fingerprint density at radius 1 is 1.09 bits per heavy atom. The predicted octanol–water partition coefficient (Wildman–Crippen LogP) is 4.42. The maximum absolute atomic E-state index is 13.5. The van der Waals surface area contributed by atoms with Crippen LogP contribution in [0.2, 0.25) is 0 Å². The minimum Gasteiger partial charge on any atom is -0.495 e. The Bertz CT molecular complexity index is 961. The van der Waals surface area contributed by atoms with E-state index in [1.54, 1.807) is 25.3 Å². The molecule has 4 rings (SSSR count). The molecule has 1 atom stereocenters. The molecule has 2 fully saturated rings. The Morgan fingerprint density at radius 2 is 1.84 bits per heavy atom. The van der Waals surface area contributed by atoms with Crippen molar-refractivity contribution in [3.63, 3.8) is 0 Å². The lowest BCUT2D eigenvalue weighted by Crippen LogP contribution is -2.38. The summed E-state index contributed by atoms with van der Waals surface area (Å²) in [5.41, 5.74) is 4.13. The molecular formula is C24H33N5O3. The number of likely N-dealkylation sites (tertiary alicyclic amines) is 2. The SMILES string of the molecule is COc1ccc(C(=O)N2CCCC2)cc1NC(=O)N1CCCCCC1c1c(C)n[nH]c1C. The van der Waals surface area contributed by atoms with Crippen molar-refractivity contribution < 1.29 is 14.3 Å². The number of carbonyl (C=O) groups is 2. The van der Waals surface area contributed by atoms with Crippen LogP contribution in [0.3, 0.4) is 0 Å². The van der Waals surface area contributed by atoms with Crippen LogP contribution in [-0.2, 0) is 0 Å². The molecule has 1 unspecified atom stereocenters. The number of urea groups is 1. The summed E-state index contributed by atoms with van der Waals surface area (Å²) in [7, 11) is 1.57. The largest absolute Gasteiger partial charge is 0.495 e. The highest BCUT2D eigenvalue weighted by Crippen LogP contribution is 2.34. The molecule has 2 aliphatic rings. The Labute approximate surface area is 189 Å². The molecule has 2 saturated heterocycles. The fourth-order valence-electron chi connectivity index (χ4n) is 4.93. The second kappa shape index (κ2) is 9.63. The van der Waals surface area contributed by atoms with Crippen LogP contribution in [0.15, 0.2) is 18.2 Å². The molecule has 1 aromatic carbocycles.